The molecular weight excluding hydrogens is 178 g/mol. The van der Waals surface area contributed by atoms with Crippen molar-refractivity contribution in [2.45, 2.75) is 20.8 Å². The molecule has 0 heterocycles. The third-order valence-corrected chi connectivity index (χ3v) is 1.50. The van der Waals surface area contributed by atoms with Gasteiger partial charge in [0.05, 0.1) is 6.61 Å². The molecular formula is C11H19NO2. The minimum atomic E-state index is -0.251. The largest absolute Gasteiger partial charge is 0.463 e. The maximum Gasteiger partial charge on any atom is 0.333 e. The Morgan fingerprint density at radius 2 is 1.93 bits per heavy atom. The molecule has 0 saturated carbocycles. The van der Waals surface area contributed by atoms with E-state index >= 15 is 0 Å². The van der Waals surface area contributed by atoms with Crippen LogP contribution in [0.5, 0.6) is 0 Å². The summed E-state index contributed by atoms with van der Waals surface area (Å²) in [6, 6.07) is 0. The van der Waals surface area contributed by atoms with E-state index in [9.17, 15) is 4.79 Å². The Balaban J connectivity index is 4.43. The molecule has 0 fully saturated rings. The van der Waals surface area contributed by atoms with E-state index in [1.807, 2.05) is 38.2 Å². The standard InChI is InChI=1S/C11H19NO2/c1-6-14-11(13)10(3)7-9(2)8-12(4)5/h7-8H,6H2,1-5H3/b9-8+,10-7-. The first-order chi connectivity index (χ1) is 6.47. The summed E-state index contributed by atoms with van der Waals surface area (Å²) in [4.78, 5) is 13.2. The maximum atomic E-state index is 11.2. The molecule has 0 N–H and O–H groups in total. The van der Waals surface area contributed by atoms with Gasteiger partial charge in [0.2, 0.25) is 0 Å². The molecule has 0 bridgehead atoms. The number of carbonyl (C=O) groups excluding carboxylic acids is 1. The number of rotatable bonds is 4. The van der Waals surface area contributed by atoms with Crippen LogP contribution >= 0.6 is 0 Å². The normalized spacial score (nSPS) is 12.6. The number of hydrogen-bond acceptors (Lipinski definition) is 3. The fourth-order valence-electron chi connectivity index (χ4n) is 1.09. The van der Waals surface area contributed by atoms with Gasteiger partial charge in [0, 0.05) is 25.9 Å². The smallest absolute Gasteiger partial charge is 0.333 e. The summed E-state index contributed by atoms with van der Waals surface area (Å²) in [5.41, 5.74) is 1.66. The predicted octanol–water partition coefficient (Wildman–Crippen LogP) is 1.96. The van der Waals surface area contributed by atoms with Crippen molar-refractivity contribution >= 4 is 5.97 Å². The van der Waals surface area contributed by atoms with Crippen molar-refractivity contribution in [2.24, 2.45) is 0 Å². The second-order valence-electron chi connectivity index (χ2n) is 3.38. The minimum Gasteiger partial charge on any atom is -0.463 e. The van der Waals surface area contributed by atoms with Crippen LogP contribution in [0.15, 0.2) is 23.4 Å². The van der Waals surface area contributed by atoms with Crippen LogP contribution in [-0.2, 0) is 9.53 Å². The second-order valence-corrected chi connectivity index (χ2v) is 3.38. The lowest BCUT2D eigenvalue weighted by molar-refractivity contribution is -0.138. The molecule has 0 aromatic carbocycles. The summed E-state index contributed by atoms with van der Waals surface area (Å²) < 4.78 is 4.86. The number of hydrogen-bond donors (Lipinski definition) is 0. The van der Waals surface area contributed by atoms with Crippen molar-refractivity contribution in [2.75, 3.05) is 20.7 Å². The Morgan fingerprint density at radius 3 is 2.36 bits per heavy atom. The molecule has 0 atom stereocenters. The SMILES string of the molecule is CCOC(=O)/C(C)=C\C(C)=C\N(C)C. The van der Waals surface area contributed by atoms with Crippen LogP contribution < -0.4 is 0 Å². The molecule has 0 aromatic heterocycles. The van der Waals surface area contributed by atoms with Gasteiger partial charge in [-0.2, -0.15) is 0 Å². The molecule has 3 nitrogen and oxygen atoms in total. The topological polar surface area (TPSA) is 29.5 Å². The van der Waals surface area contributed by atoms with Crippen molar-refractivity contribution in [3.05, 3.63) is 23.4 Å². The van der Waals surface area contributed by atoms with Crippen LogP contribution in [0.4, 0.5) is 0 Å². The van der Waals surface area contributed by atoms with Crippen LogP contribution in [0.3, 0.4) is 0 Å². The van der Waals surface area contributed by atoms with Gasteiger partial charge in [-0.05, 0) is 32.4 Å². The highest BCUT2D eigenvalue weighted by molar-refractivity contribution is 5.88. The molecule has 80 valence electrons. The van der Waals surface area contributed by atoms with Crippen LogP contribution in [0.2, 0.25) is 0 Å². The third kappa shape index (κ3) is 5.41. The zero-order valence-corrected chi connectivity index (χ0v) is 9.63. The Kier molecular flexibility index (Phi) is 5.68. The highest BCUT2D eigenvalue weighted by Crippen LogP contribution is 2.04. The molecule has 0 aliphatic rings. The summed E-state index contributed by atoms with van der Waals surface area (Å²) in [6.07, 6.45) is 3.76. The molecule has 0 saturated heterocycles. The van der Waals surface area contributed by atoms with E-state index in [4.69, 9.17) is 4.74 Å². The summed E-state index contributed by atoms with van der Waals surface area (Å²) in [6.45, 7) is 5.92. The van der Waals surface area contributed by atoms with Gasteiger partial charge in [-0.3, -0.25) is 0 Å². The van der Waals surface area contributed by atoms with E-state index in [-0.39, 0.29) is 5.97 Å². The molecule has 14 heavy (non-hydrogen) atoms. The first kappa shape index (κ1) is 12.8. The second kappa shape index (κ2) is 6.24. The Bertz CT molecular complexity index is 252. The molecule has 0 rings (SSSR count). The van der Waals surface area contributed by atoms with Crippen LogP contribution in [0, 0.1) is 0 Å². The van der Waals surface area contributed by atoms with Gasteiger partial charge in [0.15, 0.2) is 0 Å². The lowest BCUT2D eigenvalue weighted by Crippen LogP contribution is -2.06. The molecule has 0 aliphatic heterocycles. The Hall–Kier alpha value is -1.25. The van der Waals surface area contributed by atoms with Crippen molar-refractivity contribution in [3.8, 4) is 0 Å². The number of esters is 1. The Morgan fingerprint density at radius 1 is 1.36 bits per heavy atom. The fourth-order valence-corrected chi connectivity index (χ4v) is 1.09. The van der Waals surface area contributed by atoms with E-state index < -0.39 is 0 Å². The summed E-state index contributed by atoms with van der Waals surface area (Å²) in [5.74, 6) is -0.251. The van der Waals surface area contributed by atoms with Gasteiger partial charge < -0.3 is 9.64 Å². The molecule has 0 unspecified atom stereocenters. The Labute approximate surface area is 86.0 Å². The zero-order valence-electron chi connectivity index (χ0n) is 9.63. The summed E-state index contributed by atoms with van der Waals surface area (Å²) in [7, 11) is 3.88. The number of carbonyl (C=O) groups is 1. The molecule has 0 spiro atoms. The first-order valence-electron chi connectivity index (χ1n) is 4.67. The average Bonchev–Trinajstić information content (AvgIpc) is 2.02. The predicted molar refractivity (Wildman–Crippen MR) is 57.8 cm³/mol. The molecule has 0 aliphatic carbocycles. The van der Waals surface area contributed by atoms with Crippen LogP contribution in [-0.4, -0.2) is 31.6 Å². The minimum absolute atomic E-state index is 0.251. The number of ether oxygens (including phenoxy) is 1. The molecule has 0 aromatic rings. The third-order valence-electron chi connectivity index (χ3n) is 1.50. The maximum absolute atomic E-state index is 11.2. The number of nitrogens with zero attached hydrogens (tertiary/aromatic N) is 1. The highest BCUT2D eigenvalue weighted by atomic mass is 16.5. The van der Waals surface area contributed by atoms with E-state index in [2.05, 4.69) is 0 Å². The molecule has 3 heteroatoms. The number of allylic oxidation sites excluding steroid dienone is 2. The molecule has 0 radical (unpaired) electrons. The van der Waals surface area contributed by atoms with Crippen LogP contribution in [0.25, 0.3) is 0 Å². The van der Waals surface area contributed by atoms with Gasteiger partial charge in [-0.15, -0.1) is 0 Å². The highest BCUT2D eigenvalue weighted by Gasteiger charge is 2.03. The zero-order chi connectivity index (χ0) is 11.1. The summed E-state index contributed by atoms with van der Waals surface area (Å²) in [5, 5.41) is 0. The van der Waals surface area contributed by atoms with Crippen molar-refractivity contribution in [1.82, 2.24) is 4.90 Å². The van der Waals surface area contributed by atoms with Crippen molar-refractivity contribution in [3.63, 3.8) is 0 Å². The van der Waals surface area contributed by atoms with E-state index in [0.29, 0.717) is 12.2 Å². The van der Waals surface area contributed by atoms with Crippen molar-refractivity contribution in [1.29, 1.82) is 0 Å². The quantitative estimate of drug-likeness (QED) is 0.392. The lowest BCUT2D eigenvalue weighted by Gasteiger charge is -2.06. The van der Waals surface area contributed by atoms with Crippen LogP contribution in [0.1, 0.15) is 20.8 Å². The van der Waals surface area contributed by atoms with Gasteiger partial charge in [0.1, 0.15) is 0 Å². The van der Waals surface area contributed by atoms with Crippen molar-refractivity contribution < 1.29 is 9.53 Å². The van der Waals surface area contributed by atoms with Gasteiger partial charge in [-0.1, -0.05) is 0 Å². The van der Waals surface area contributed by atoms with Gasteiger partial charge >= 0.3 is 5.97 Å². The lowest BCUT2D eigenvalue weighted by atomic mass is 10.2. The monoisotopic (exact) mass is 197 g/mol. The fraction of sp³-hybridized carbons (Fsp3) is 0.545. The summed E-state index contributed by atoms with van der Waals surface area (Å²) >= 11 is 0. The average molecular weight is 197 g/mol. The van der Waals surface area contributed by atoms with E-state index in [1.165, 1.54) is 0 Å². The van der Waals surface area contributed by atoms with E-state index in [0.717, 1.165) is 5.57 Å². The van der Waals surface area contributed by atoms with Gasteiger partial charge in [0.25, 0.3) is 0 Å². The molecule has 0 amide bonds. The van der Waals surface area contributed by atoms with Gasteiger partial charge in [-0.25, -0.2) is 4.79 Å². The first-order valence-corrected chi connectivity index (χ1v) is 4.67. The van der Waals surface area contributed by atoms with E-state index in [1.54, 1.807) is 13.8 Å².